The fourth-order valence-electron chi connectivity index (χ4n) is 0.924. The van der Waals surface area contributed by atoms with Gasteiger partial charge in [0.05, 0.1) is 6.10 Å². The van der Waals surface area contributed by atoms with Gasteiger partial charge in [-0.25, -0.2) is 0 Å². The monoisotopic (exact) mass is 227 g/mol. The van der Waals surface area contributed by atoms with E-state index in [4.69, 9.17) is 4.74 Å². The molecule has 0 bridgehead atoms. The Kier molecular flexibility index (Phi) is 5.06. The Balaban J connectivity index is 3.89. The lowest BCUT2D eigenvalue weighted by Crippen LogP contribution is -2.43. The molecule has 0 saturated heterocycles. The summed E-state index contributed by atoms with van der Waals surface area (Å²) in [5.74, 6) is 0. The molecule has 0 aliphatic heterocycles. The van der Waals surface area contributed by atoms with Crippen LogP contribution in [0.25, 0.3) is 0 Å². The first-order valence-corrected chi connectivity index (χ1v) is 4.99. The van der Waals surface area contributed by atoms with Gasteiger partial charge >= 0.3 is 6.18 Å². The first kappa shape index (κ1) is 14.7. The maximum Gasteiger partial charge on any atom is 0.414 e. The minimum atomic E-state index is -4.28. The number of alkyl halides is 3. The van der Waals surface area contributed by atoms with Crippen LogP contribution in [0, 0.1) is 0 Å². The van der Waals surface area contributed by atoms with Gasteiger partial charge < -0.3 is 10.1 Å². The zero-order chi connectivity index (χ0) is 12.3. The molecular formula is C10H20F3NO. The van der Waals surface area contributed by atoms with Crippen LogP contribution in [0.4, 0.5) is 13.2 Å². The molecule has 1 N–H and O–H groups in total. The topological polar surface area (TPSA) is 21.3 Å². The molecule has 0 amide bonds. The molecular weight excluding hydrogens is 207 g/mol. The van der Waals surface area contributed by atoms with Crippen LogP contribution in [0.5, 0.6) is 0 Å². The Labute approximate surface area is 89.2 Å². The van der Waals surface area contributed by atoms with E-state index in [1.54, 1.807) is 6.92 Å². The van der Waals surface area contributed by atoms with Crippen molar-refractivity contribution < 1.29 is 17.9 Å². The van der Waals surface area contributed by atoms with Crippen LogP contribution in [0.15, 0.2) is 0 Å². The summed E-state index contributed by atoms with van der Waals surface area (Å²) in [4.78, 5) is 0. The van der Waals surface area contributed by atoms with Gasteiger partial charge in [0.2, 0.25) is 0 Å². The molecule has 0 aliphatic rings. The molecule has 0 aromatic rings. The van der Waals surface area contributed by atoms with Crippen LogP contribution in [0.3, 0.4) is 0 Å². The summed E-state index contributed by atoms with van der Waals surface area (Å²) in [6.07, 6.45) is -6.45. The number of rotatable bonds is 4. The van der Waals surface area contributed by atoms with Gasteiger partial charge in [-0.3, -0.25) is 0 Å². The second-order valence-corrected chi connectivity index (χ2v) is 4.76. The van der Waals surface area contributed by atoms with Crippen LogP contribution in [-0.2, 0) is 4.74 Å². The summed E-state index contributed by atoms with van der Waals surface area (Å²) >= 11 is 0. The van der Waals surface area contributed by atoms with Crippen molar-refractivity contribution in [3.63, 3.8) is 0 Å². The van der Waals surface area contributed by atoms with Crippen LogP contribution in [-0.4, -0.2) is 30.5 Å². The van der Waals surface area contributed by atoms with Crippen molar-refractivity contribution in [1.82, 2.24) is 5.32 Å². The molecule has 0 spiro atoms. The Morgan fingerprint density at radius 1 is 1.13 bits per heavy atom. The number of halogens is 3. The lowest BCUT2D eigenvalue weighted by molar-refractivity contribution is -0.224. The van der Waals surface area contributed by atoms with Gasteiger partial charge in [0.15, 0.2) is 6.10 Å². The molecule has 0 radical (unpaired) electrons. The molecule has 5 heteroatoms. The quantitative estimate of drug-likeness (QED) is 0.797. The molecule has 0 aromatic heterocycles. The maximum atomic E-state index is 12.1. The SMILES string of the molecule is CC(CNC(C)(C)C)OC(C)C(F)(F)F. The smallest absolute Gasteiger partial charge is 0.365 e. The van der Waals surface area contributed by atoms with Crippen molar-refractivity contribution in [2.75, 3.05) is 6.54 Å². The highest BCUT2D eigenvalue weighted by Gasteiger charge is 2.37. The number of hydrogen-bond donors (Lipinski definition) is 1. The molecule has 0 heterocycles. The second kappa shape index (κ2) is 5.16. The molecule has 2 unspecified atom stereocenters. The van der Waals surface area contributed by atoms with E-state index in [0.717, 1.165) is 6.92 Å². The molecule has 2 atom stereocenters. The Bertz CT molecular complexity index is 186. The van der Waals surface area contributed by atoms with E-state index in [2.05, 4.69) is 5.32 Å². The number of hydrogen-bond acceptors (Lipinski definition) is 2. The lowest BCUT2D eigenvalue weighted by Gasteiger charge is -2.26. The van der Waals surface area contributed by atoms with Crippen molar-refractivity contribution >= 4 is 0 Å². The largest absolute Gasteiger partial charge is 0.414 e. The van der Waals surface area contributed by atoms with Gasteiger partial charge in [0.1, 0.15) is 0 Å². The highest BCUT2D eigenvalue weighted by atomic mass is 19.4. The predicted molar refractivity (Wildman–Crippen MR) is 53.8 cm³/mol. The molecule has 0 rings (SSSR count). The van der Waals surface area contributed by atoms with Crippen molar-refractivity contribution in [3.8, 4) is 0 Å². The van der Waals surface area contributed by atoms with Crippen LogP contribution < -0.4 is 5.32 Å². The lowest BCUT2D eigenvalue weighted by atomic mass is 10.1. The van der Waals surface area contributed by atoms with Crippen molar-refractivity contribution in [3.05, 3.63) is 0 Å². The van der Waals surface area contributed by atoms with Crippen LogP contribution in [0.2, 0.25) is 0 Å². The Hall–Kier alpha value is -0.290. The normalized spacial score (nSPS) is 17.6. The summed E-state index contributed by atoms with van der Waals surface area (Å²) in [6.45, 7) is 8.91. The summed E-state index contributed by atoms with van der Waals surface area (Å²) in [7, 11) is 0. The summed E-state index contributed by atoms with van der Waals surface area (Å²) < 4.78 is 41.2. The molecule has 0 aliphatic carbocycles. The van der Waals surface area contributed by atoms with Gasteiger partial charge in [0, 0.05) is 12.1 Å². The van der Waals surface area contributed by atoms with Gasteiger partial charge in [-0.15, -0.1) is 0 Å². The van der Waals surface area contributed by atoms with Crippen LogP contribution in [0.1, 0.15) is 34.6 Å². The average Bonchev–Trinajstić information content (AvgIpc) is 1.97. The van der Waals surface area contributed by atoms with Crippen molar-refractivity contribution in [2.45, 2.75) is 58.5 Å². The zero-order valence-electron chi connectivity index (χ0n) is 9.90. The highest BCUT2D eigenvalue weighted by molar-refractivity contribution is 4.73. The molecule has 0 saturated carbocycles. The van der Waals surface area contributed by atoms with Crippen molar-refractivity contribution in [2.24, 2.45) is 0 Å². The van der Waals surface area contributed by atoms with E-state index in [9.17, 15) is 13.2 Å². The van der Waals surface area contributed by atoms with E-state index in [-0.39, 0.29) is 5.54 Å². The minimum absolute atomic E-state index is 0.112. The maximum absolute atomic E-state index is 12.1. The van der Waals surface area contributed by atoms with E-state index in [1.807, 2.05) is 20.8 Å². The summed E-state index contributed by atoms with van der Waals surface area (Å²) in [5.41, 5.74) is -0.112. The highest BCUT2D eigenvalue weighted by Crippen LogP contribution is 2.23. The Morgan fingerprint density at radius 3 is 1.93 bits per heavy atom. The van der Waals surface area contributed by atoms with E-state index in [0.29, 0.717) is 6.54 Å². The predicted octanol–water partition coefficient (Wildman–Crippen LogP) is 2.73. The first-order chi connectivity index (χ1) is 6.52. The Morgan fingerprint density at radius 2 is 1.60 bits per heavy atom. The molecule has 0 fully saturated rings. The van der Waals surface area contributed by atoms with Gasteiger partial charge in [-0.05, 0) is 34.6 Å². The minimum Gasteiger partial charge on any atom is -0.365 e. The first-order valence-electron chi connectivity index (χ1n) is 4.99. The fourth-order valence-corrected chi connectivity index (χ4v) is 0.924. The van der Waals surface area contributed by atoms with Gasteiger partial charge in [0.25, 0.3) is 0 Å². The van der Waals surface area contributed by atoms with E-state index < -0.39 is 18.4 Å². The second-order valence-electron chi connectivity index (χ2n) is 4.76. The summed E-state index contributed by atoms with van der Waals surface area (Å²) in [5, 5.41) is 3.09. The van der Waals surface area contributed by atoms with E-state index in [1.165, 1.54) is 0 Å². The summed E-state index contributed by atoms with van der Waals surface area (Å²) in [6, 6.07) is 0. The molecule has 2 nitrogen and oxygen atoms in total. The van der Waals surface area contributed by atoms with Gasteiger partial charge in [-0.2, -0.15) is 13.2 Å². The van der Waals surface area contributed by atoms with Gasteiger partial charge in [-0.1, -0.05) is 0 Å². The fraction of sp³-hybridized carbons (Fsp3) is 1.00. The average molecular weight is 227 g/mol. The molecule has 92 valence electrons. The molecule has 15 heavy (non-hydrogen) atoms. The third-order valence-electron chi connectivity index (χ3n) is 1.82. The standard InChI is InChI=1S/C10H20F3NO/c1-7(6-14-9(3,4)5)15-8(2)10(11,12)13/h7-8,14H,6H2,1-5H3. The molecule has 0 aromatic carbocycles. The third-order valence-corrected chi connectivity index (χ3v) is 1.82. The van der Waals surface area contributed by atoms with Crippen LogP contribution >= 0.6 is 0 Å². The number of ether oxygens (including phenoxy) is 1. The van der Waals surface area contributed by atoms with E-state index >= 15 is 0 Å². The van der Waals surface area contributed by atoms with Crippen molar-refractivity contribution in [1.29, 1.82) is 0 Å². The third kappa shape index (κ3) is 7.62. The number of nitrogens with one attached hydrogen (secondary N) is 1. The zero-order valence-corrected chi connectivity index (χ0v) is 9.90.